The lowest BCUT2D eigenvalue weighted by atomic mass is 10.2. The third-order valence-electron chi connectivity index (χ3n) is 2.96. The highest BCUT2D eigenvalue weighted by Crippen LogP contribution is 2.24. The molecule has 0 saturated heterocycles. The van der Waals surface area contributed by atoms with Gasteiger partial charge < -0.3 is 4.74 Å². The molecule has 0 aliphatic rings. The fraction of sp³-hybridized carbons (Fsp3) is 0.250. The molecule has 5 heteroatoms. The quantitative estimate of drug-likeness (QED) is 0.768. The van der Waals surface area contributed by atoms with Crippen LogP contribution >= 0.6 is 0 Å². The van der Waals surface area contributed by atoms with Crippen molar-refractivity contribution in [2.75, 3.05) is 6.61 Å². The zero-order valence-electron chi connectivity index (χ0n) is 12.1. The molecule has 2 aromatic rings. The van der Waals surface area contributed by atoms with Crippen LogP contribution in [0.2, 0.25) is 0 Å². The SMILES string of the molecule is CCOS(=O)(=O)c1ccc(C)c(OCc2ccccc2)c1. The number of rotatable bonds is 6. The Balaban J connectivity index is 2.20. The first-order valence-corrected chi connectivity index (χ1v) is 8.10. The fourth-order valence-corrected chi connectivity index (χ4v) is 2.78. The number of benzene rings is 2. The standard InChI is InChI=1S/C16H18O4S/c1-3-20-21(17,18)15-10-9-13(2)16(11-15)19-12-14-7-5-4-6-8-14/h4-11H,3,12H2,1-2H3. The molecule has 0 amide bonds. The number of aryl methyl sites for hydroxylation is 1. The topological polar surface area (TPSA) is 52.6 Å². The van der Waals surface area contributed by atoms with Gasteiger partial charge in [0.1, 0.15) is 12.4 Å². The molecule has 4 nitrogen and oxygen atoms in total. The van der Waals surface area contributed by atoms with Gasteiger partial charge in [-0.3, -0.25) is 4.18 Å². The average Bonchev–Trinajstić information content (AvgIpc) is 2.47. The van der Waals surface area contributed by atoms with E-state index in [1.54, 1.807) is 13.0 Å². The summed E-state index contributed by atoms with van der Waals surface area (Å²) < 4.78 is 34.3. The summed E-state index contributed by atoms with van der Waals surface area (Å²) in [6.07, 6.45) is 0. The smallest absolute Gasteiger partial charge is 0.297 e. The predicted molar refractivity (Wildman–Crippen MR) is 80.8 cm³/mol. The first kappa shape index (κ1) is 15.5. The van der Waals surface area contributed by atoms with Gasteiger partial charge in [0.25, 0.3) is 10.1 Å². The first-order valence-electron chi connectivity index (χ1n) is 6.69. The van der Waals surface area contributed by atoms with Gasteiger partial charge >= 0.3 is 0 Å². The minimum absolute atomic E-state index is 0.108. The monoisotopic (exact) mass is 306 g/mol. The van der Waals surface area contributed by atoms with E-state index in [0.717, 1.165) is 11.1 Å². The molecule has 0 bridgehead atoms. The van der Waals surface area contributed by atoms with Crippen LogP contribution in [0.15, 0.2) is 53.4 Å². The number of hydrogen-bond acceptors (Lipinski definition) is 4. The van der Waals surface area contributed by atoms with Crippen LogP contribution in [-0.2, 0) is 20.9 Å². The predicted octanol–water partition coefficient (Wildman–Crippen LogP) is 3.30. The second kappa shape index (κ2) is 6.74. The van der Waals surface area contributed by atoms with Gasteiger partial charge in [0, 0.05) is 6.07 Å². The molecule has 0 spiro atoms. The van der Waals surface area contributed by atoms with Crippen molar-refractivity contribution in [3.63, 3.8) is 0 Å². The van der Waals surface area contributed by atoms with Gasteiger partial charge in [0.05, 0.1) is 11.5 Å². The highest BCUT2D eigenvalue weighted by molar-refractivity contribution is 7.86. The molecule has 0 saturated carbocycles. The van der Waals surface area contributed by atoms with Crippen LogP contribution in [0.4, 0.5) is 0 Å². The molecule has 0 aliphatic carbocycles. The summed E-state index contributed by atoms with van der Waals surface area (Å²) in [5.41, 5.74) is 1.90. The van der Waals surface area contributed by atoms with Crippen molar-refractivity contribution in [3.05, 3.63) is 59.7 Å². The van der Waals surface area contributed by atoms with Gasteiger partial charge in [-0.25, -0.2) is 0 Å². The summed E-state index contributed by atoms with van der Waals surface area (Å²) >= 11 is 0. The van der Waals surface area contributed by atoms with Crippen LogP contribution in [0.3, 0.4) is 0 Å². The molecule has 0 N–H and O–H groups in total. The maximum atomic E-state index is 11.9. The van der Waals surface area contributed by atoms with Crippen molar-refractivity contribution in [1.82, 2.24) is 0 Å². The van der Waals surface area contributed by atoms with E-state index in [9.17, 15) is 8.42 Å². The van der Waals surface area contributed by atoms with E-state index in [2.05, 4.69) is 0 Å². The molecule has 0 radical (unpaired) electrons. The Morgan fingerprint density at radius 2 is 1.76 bits per heavy atom. The molecule has 0 aliphatic heterocycles. The van der Waals surface area contributed by atoms with Crippen molar-refractivity contribution in [2.24, 2.45) is 0 Å². The third kappa shape index (κ3) is 4.06. The lowest BCUT2D eigenvalue weighted by molar-refractivity contribution is 0.302. The third-order valence-corrected chi connectivity index (χ3v) is 4.34. The Kier molecular flexibility index (Phi) is 4.98. The maximum absolute atomic E-state index is 11.9. The Bertz CT molecular complexity index is 693. The second-order valence-electron chi connectivity index (χ2n) is 4.56. The second-order valence-corrected chi connectivity index (χ2v) is 6.18. The highest BCUT2D eigenvalue weighted by atomic mass is 32.2. The van der Waals surface area contributed by atoms with E-state index in [-0.39, 0.29) is 11.5 Å². The summed E-state index contributed by atoms with van der Waals surface area (Å²) in [5, 5.41) is 0. The zero-order chi connectivity index (χ0) is 15.3. The number of ether oxygens (including phenoxy) is 1. The van der Waals surface area contributed by atoms with Crippen LogP contribution < -0.4 is 4.74 Å². The Morgan fingerprint density at radius 3 is 2.43 bits per heavy atom. The van der Waals surface area contributed by atoms with Crippen molar-refractivity contribution >= 4 is 10.1 Å². The van der Waals surface area contributed by atoms with Gasteiger partial charge in [-0.1, -0.05) is 36.4 Å². The Hall–Kier alpha value is -1.85. The lowest BCUT2D eigenvalue weighted by Crippen LogP contribution is -2.07. The zero-order valence-corrected chi connectivity index (χ0v) is 12.9. The summed E-state index contributed by atoms with van der Waals surface area (Å²) in [6.45, 7) is 4.01. The van der Waals surface area contributed by atoms with Crippen LogP contribution in [0, 0.1) is 6.92 Å². The molecular weight excluding hydrogens is 288 g/mol. The van der Waals surface area contributed by atoms with Crippen LogP contribution in [0.25, 0.3) is 0 Å². The fourth-order valence-electron chi connectivity index (χ4n) is 1.85. The lowest BCUT2D eigenvalue weighted by Gasteiger charge is -2.11. The van der Waals surface area contributed by atoms with Crippen LogP contribution in [0.5, 0.6) is 5.75 Å². The molecule has 21 heavy (non-hydrogen) atoms. The molecule has 0 atom stereocenters. The molecule has 2 aromatic carbocycles. The molecule has 0 fully saturated rings. The van der Waals surface area contributed by atoms with E-state index in [4.69, 9.17) is 8.92 Å². The van der Waals surface area contributed by atoms with Crippen molar-refractivity contribution in [2.45, 2.75) is 25.3 Å². The molecule has 0 aromatic heterocycles. The van der Waals surface area contributed by atoms with Gasteiger partial charge in [-0.05, 0) is 31.0 Å². The van der Waals surface area contributed by atoms with E-state index in [0.29, 0.717) is 12.4 Å². The van der Waals surface area contributed by atoms with Gasteiger partial charge in [-0.15, -0.1) is 0 Å². The average molecular weight is 306 g/mol. The van der Waals surface area contributed by atoms with Crippen molar-refractivity contribution in [3.8, 4) is 5.75 Å². The van der Waals surface area contributed by atoms with Crippen LogP contribution in [0.1, 0.15) is 18.1 Å². The van der Waals surface area contributed by atoms with Gasteiger partial charge in [0.15, 0.2) is 0 Å². The highest BCUT2D eigenvalue weighted by Gasteiger charge is 2.16. The molecule has 2 rings (SSSR count). The van der Waals surface area contributed by atoms with E-state index in [1.807, 2.05) is 37.3 Å². The number of hydrogen-bond donors (Lipinski definition) is 0. The van der Waals surface area contributed by atoms with E-state index < -0.39 is 10.1 Å². The van der Waals surface area contributed by atoms with Gasteiger partial charge in [-0.2, -0.15) is 8.42 Å². The molecule has 112 valence electrons. The largest absolute Gasteiger partial charge is 0.489 e. The molecular formula is C16H18O4S. The minimum Gasteiger partial charge on any atom is -0.489 e. The summed E-state index contributed by atoms with van der Waals surface area (Å²) in [5.74, 6) is 0.541. The molecule has 0 heterocycles. The van der Waals surface area contributed by atoms with Crippen molar-refractivity contribution in [1.29, 1.82) is 0 Å². The summed E-state index contributed by atoms with van der Waals surface area (Å²) in [4.78, 5) is 0.109. The Morgan fingerprint density at radius 1 is 1.05 bits per heavy atom. The van der Waals surface area contributed by atoms with E-state index in [1.165, 1.54) is 12.1 Å². The van der Waals surface area contributed by atoms with Crippen molar-refractivity contribution < 1.29 is 17.3 Å². The van der Waals surface area contributed by atoms with E-state index >= 15 is 0 Å². The first-order chi connectivity index (χ1) is 10.0. The summed E-state index contributed by atoms with van der Waals surface area (Å²) in [6, 6.07) is 14.4. The van der Waals surface area contributed by atoms with Crippen LogP contribution in [-0.4, -0.2) is 15.0 Å². The molecule has 0 unspecified atom stereocenters. The maximum Gasteiger partial charge on any atom is 0.297 e. The summed E-state index contributed by atoms with van der Waals surface area (Å²) in [7, 11) is -3.71. The Labute approximate surface area is 125 Å². The van der Waals surface area contributed by atoms with Gasteiger partial charge in [0.2, 0.25) is 0 Å². The normalized spacial score (nSPS) is 11.3. The minimum atomic E-state index is -3.71.